The maximum absolute atomic E-state index is 12.1. The van der Waals surface area contributed by atoms with Crippen LogP contribution in [0.3, 0.4) is 0 Å². The van der Waals surface area contributed by atoms with Gasteiger partial charge in [0.05, 0.1) is 10.4 Å². The first-order chi connectivity index (χ1) is 9.50. The molecule has 1 N–H and O–H groups in total. The number of nitrogens with zero attached hydrogens (tertiary/aromatic N) is 1. The summed E-state index contributed by atoms with van der Waals surface area (Å²) >= 11 is 7.36. The molecule has 1 aromatic carbocycles. The van der Waals surface area contributed by atoms with Crippen molar-refractivity contribution in [3.63, 3.8) is 0 Å². The van der Waals surface area contributed by atoms with E-state index in [-0.39, 0.29) is 17.9 Å². The topological polar surface area (TPSA) is 66.8 Å². The number of thioether (sulfide) groups is 1. The molecule has 1 aliphatic heterocycles. The SMILES string of the molecule is CC1SCC(C(=O)O)N1C(=O)COc1ccccc1Cl. The molecule has 5 nitrogen and oxygen atoms in total. The molecular formula is C13H14ClNO4S. The average Bonchev–Trinajstić information content (AvgIpc) is 2.79. The van der Waals surface area contributed by atoms with Crippen molar-refractivity contribution in [1.82, 2.24) is 4.90 Å². The number of halogens is 1. The number of ether oxygens (including phenoxy) is 1. The minimum Gasteiger partial charge on any atom is -0.482 e. The van der Waals surface area contributed by atoms with Crippen LogP contribution in [0.1, 0.15) is 6.92 Å². The van der Waals surface area contributed by atoms with E-state index in [9.17, 15) is 9.59 Å². The van der Waals surface area contributed by atoms with Crippen molar-refractivity contribution in [1.29, 1.82) is 0 Å². The van der Waals surface area contributed by atoms with E-state index in [4.69, 9.17) is 21.4 Å². The van der Waals surface area contributed by atoms with Gasteiger partial charge in [-0.15, -0.1) is 11.8 Å². The first-order valence-electron chi connectivity index (χ1n) is 6.03. The van der Waals surface area contributed by atoms with Crippen molar-refractivity contribution >= 4 is 35.2 Å². The number of benzene rings is 1. The number of rotatable bonds is 4. The zero-order valence-electron chi connectivity index (χ0n) is 10.8. The lowest BCUT2D eigenvalue weighted by molar-refractivity contribution is -0.149. The number of carboxylic acid groups (broad SMARTS) is 1. The summed E-state index contributed by atoms with van der Waals surface area (Å²) < 4.78 is 5.36. The number of carbonyl (C=O) groups is 2. The van der Waals surface area contributed by atoms with Gasteiger partial charge in [-0.3, -0.25) is 4.79 Å². The number of para-hydroxylation sites is 1. The normalized spacial score (nSPS) is 21.8. The molecule has 7 heteroatoms. The van der Waals surface area contributed by atoms with Crippen LogP contribution in [0, 0.1) is 0 Å². The quantitative estimate of drug-likeness (QED) is 0.921. The second-order valence-electron chi connectivity index (χ2n) is 4.31. The van der Waals surface area contributed by atoms with E-state index < -0.39 is 12.0 Å². The lowest BCUT2D eigenvalue weighted by atomic mass is 10.3. The van der Waals surface area contributed by atoms with Gasteiger partial charge in [0.2, 0.25) is 0 Å². The lowest BCUT2D eigenvalue weighted by Gasteiger charge is -2.25. The van der Waals surface area contributed by atoms with Gasteiger partial charge in [0.1, 0.15) is 11.8 Å². The molecule has 1 aromatic rings. The van der Waals surface area contributed by atoms with Gasteiger partial charge in [-0.05, 0) is 19.1 Å². The van der Waals surface area contributed by atoms with E-state index in [1.54, 1.807) is 31.2 Å². The smallest absolute Gasteiger partial charge is 0.327 e. The Balaban J connectivity index is 2.01. The molecule has 0 spiro atoms. The van der Waals surface area contributed by atoms with E-state index in [1.807, 2.05) is 0 Å². The molecule has 1 fully saturated rings. The van der Waals surface area contributed by atoms with Crippen LogP contribution >= 0.6 is 23.4 Å². The van der Waals surface area contributed by atoms with Gasteiger partial charge in [0, 0.05) is 5.75 Å². The maximum atomic E-state index is 12.1. The van der Waals surface area contributed by atoms with Crippen molar-refractivity contribution in [3.05, 3.63) is 29.3 Å². The second-order valence-corrected chi connectivity index (χ2v) is 6.06. The first-order valence-corrected chi connectivity index (χ1v) is 7.46. The van der Waals surface area contributed by atoms with E-state index in [0.29, 0.717) is 16.5 Å². The molecule has 1 aliphatic rings. The van der Waals surface area contributed by atoms with Crippen molar-refractivity contribution in [2.24, 2.45) is 0 Å². The van der Waals surface area contributed by atoms with Crippen LogP contribution in [-0.2, 0) is 9.59 Å². The Labute approximate surface area is 125 Å². The van der Waals surface area contributed by atoms with Gasteiger partial charge in [-0.2, -0.15) is 0 Å². The molecule has 1 saturated heterocycles. The summed E-state index contributed by atoms with van der Waals surface area (Å²) in [6.45, 7) is 1.58. The minimum absolute atomic E-state index is 0.168. The van der Waals surface area contributed by atoms with Gasteiger partial charge in [-0.25, -0.2) is 4.79 Å². The molecule has 108 valence electrons. The van der Waals surface area contributed by atoms with E-state index >= 15 is 0 Å². The highest BCUT2D eigenvalue weighted by molar-refractivity contribution is 8.00. The third kappa shape index (κ3) is 3.19. The van der Waals surface area contributed by atoms with Gasteiger partial charge < -0.3 is 14.7 Å². The summed E-state index contributed by atoms with van der Waals surface area (Å²) in [6.07, 6.45) is 0. The number of hydrogen-bond acceptors (Lipinski definition) is 4. The van der Waals surface area contributed by atoms with Crippen molar-refractivity contribution < 1.29 is 19.4 Å². The fraction of sp³-hybridized carbons (Fsp3) is 0.385. The summed E-state index contributed by atoms with van der Waals surface area (Å²) in [7, 11) is 0. The van der Waals surface area contributed by atoms with E-state index in [0.717, 1.165) is 0 Å². The predicted molar refractivity (Wildman–Crippen MR) is 77.1 cm³/mol. The molecule has 0 aliphatic carbocycles. The van der Waals surface area contributed by atoms with Crippen LogP contribution < -0.4 is 4.74 Å². The van der Waals surface area contributed by atoms with Gasteiger partial charge in [0.25, 0.3) is 5.91 Å². The number of amides is 1. The van der Waals surface area contributed by atoms with Crippen LogP contribution in [-0.4, -0.2) is 45.7 Å². The highest BCUT2D eigenvalue weighted by Crippen LogP contribution is 2.29. The molecule has 2 atom stereocenters. The Hall–Kier alpha value is -1.40. The third-order valence-electron chi connectivity index (χ3n) is 2.98. The number of carbonyl (C=O) groups excluding carboxylic acids is 1. The highest BCUT2D eigenvalue weighted by Gasteiger charge is 2.39. The molecule has 0 bridgehead atoms. The standard InChI is InChI=1S/C13H14ClNO4S/c1-8-15(10(7-20-8)13(17)18)12(16)6-19-11-5-3-2-4-9(11)14/h2-5,8,10H,6-7H2,1H3,(H,17,18). The van der Waals surface area contributed by atoms with Crippen molar-refractivity contribution in [3.8, 4) is 5.75 Å². The van der Waals surface area contributed by atoms with Crippen molar-refractivity contribution in [2.45, 2.75) is 18.3 Å². The molecule has 2 unspecified atom stereocenters. The van der Waals surface area contributed by atoms with E-state index in [2.05, 4.69) is 0 Å². The molecule has 20 heavy (non-hydrogen) atoms. The molecule has 0 radical (unpaired) electrons. The zero-order chi connectivity index (χ0) is 14.7. The third-order valence-corrected chi connectivity index (χ3v) is 4.51. The largest absolute Gasteiger partial charge is 0.482 e. The van der Waals surface area contributed by atoms with Gasteiger partial charge in [0.15, 0.2) is 6.61 Å². The highest BCUT2D eigenvalue weighted by atomic mass is 35.5. The average molecular weight is 316 g/mol. The Morgan fingerprint density at radius 1 is 1.50 bits per heavy atom. The summed E-state index contributed by atoms with van der Waals surface area (Å²) in [5, 5.41) is 9.36. The molecule has 1 amide bonds. The number of carboxylic acids is 1. The van der Waals surface area contributed by atoms with Crippen LogP contribution in [0.5, 0.6) is 5.75 Å². The van der Waals surface area contributed by atoms with Gasteiger partial charge >= 0.3 is 5.97 Å². The number of aliphatic carboxylic acids is 1. The zero-order valence-corrected chi connectivity index (χ0v) is 12.4. The fourth-order valence-electron chi connectivity index (χ4n) is 1.99. The van der Waals surface area contributed by atoms with E-state index in [1.165, 1.54) is 16.7 Å². The summed E-state index contributed by atoms with van der Waals surface area (Å²) in [5.41, 5.74) is 0. The Kier molecular flexibility index (Phi) is 4.77. The molecule has 2 rings (SSSR count). The number of hydrogen-bond donors (Lipinski definition) is 1. The Morgan fingerprint density at radius 2 is 2.20 bits per heavy atom. The molecule has 0 aromatic heterocycles. The first kappa shape index (κ1) is 15.0. The van der Waals surface area contributed by atoms with Crippen LogP contribution in [0.15, 0.2) is 24.3 Å². The fourth-order valence-corrected chi connectivity index (χ4v) is 3.37. The summed E-state index contributed by atoms with van der Waals surface area (Å²) in [5.74, 6) is -0.536. The monoisotopic (exact) mass is 315 g/mol. The molecule has 1 heterocycles. The molecular weight excluding hydrogens is 302 g/mol. The molecule has 0 saturated carbocycles. The predicted octanol–water partition coefficient (Wildman–Crippen LogP) is 2.09. The lowest BCUT2D eigenvalue weighted by Crippen LogP contribution is -2.46. The van der Waals surface area contributed by atoms with Crippen LogP contribution in [0.25, 0.3) is 0 Å². The maximum Gasteiger partial charge on any atom is 0.327 e. The summed E-state index contributed by atoms with van der Waals surface area (Å²) in [6, 6.07) is 6.04. The summed E-state index contributed by atoms with van der Waals surface area (Å²) in [4.78, 5) is 24.6. The minimum atomic E-state index is -0.993. The van der Waals surface area contributed by atoms with Crippen molar-refractivity contribution in [2.75, 3.05) is 12.4 Å². The Bertz CT molecular complexity index is 525. The van der Waals surface area contributed by atoms with Gasteiger partial charge in [-0.1, -0.05) is 23.7 Å². The van der Waals surface area contributed by atoms with Crippen LogP contribution in [0.4, 0.5) is 0 Å². The van der Waals surface area contributed by atoms with Crippen LogP contribution in [0.2, 0.25) is 5.02 Å². The second kappa shape index (κ2) is 6.37. The Morgan fingerprint density at radius 3 is 2.85 bits per heavy atom.